The van der Waals surface area contributed by atoms with E-state index in [1.54, 1.807) is 22.3 Å². The van der Waals surface area contributed by atoms with Crippen molar-refractivity contribution in [3.8, 4) is 5.00 Å². The van der Waals surface area contributed by atoms with Gasteiger partial charge in [-0.25, -0.2) is 0 Å². The number of imide groups is 1. The van der Waals surface area contributed by atoms with Crippen LogP contribution in [0.15, 0.2) is 47.5 Å². The summed E-state index contributed by atoms with van der Waals surface area (Å²) in [6.07, 6.45) is 2.18. The van der Waals surface area contributed by atoms with Gasteiger partial charge in [0.05, 0.1) is 12.1 Å². The van der Waals surface area contributed by atoms with E-state index in [0.29, 0.717) is 42.5 Å². The minimum Gasteiger partial charge on any atom is -0.385 e. The van der Waals surface area contributed by atoms with Crippen LogP contribution in [0.3, 0.4) is 0 Å². The van der Waals surface area contributed by atoms with E-state index in [9.17, 15) is 19.2 Å². The maximum atomic E-state index is 13.3. The van der Waals surface area contributed by atoms with Crippen molar-refractivity contribution in [3.63, 3.8) is 0 Å². The van der Waals surface area contributed by atoms with Gasteiger partial charge in [-0.2, -0.15) is 0 Å². The Hall–Kier alpha value is -4.88. The molecule has 3 N–H and O–H groups in total. The minimum atomic E-state index is -0.654. The lowest BCUT2D eigenvalue weighted by atomic mass is 9.99. The molecule has 50 heavy (non-hydrogen) atoms. The Morgan fingerprint density at radius 2 is 1.82 bits per heavy atom. The highest BCUT2D eigenvalue weighted by Gasteiger charge is 2.40. The summed E-state index contributed by atoms with van der Waals surface area (Å²) in [5.74, 6) is 0.319. The molecule has 258 valence electrons. The molecule has 12 nitrogen and oxygen atoms in total. The van der Waals surface area contributed by atoms with Crippen LogP contribution in [0.2, 0.25) is 5.02 Å². The summed E-state index contributed by atoms with van der Waals surface area (Å²) in [7, 11) is 0. The van der Waals surface area contributed by atoms with Gasteiger partial charge in [0, 0.05) is 63.9 Å². The largest absolute Gasteiger partial charge is 0.385 e. The number of thiophene rings is 1. The molecule has 0 bridgehead atoms. The zero-order chi connectivity index (χ0) is 35.1. The molecule has 2 aromatic carbocycles. The third-order valence-electron chi connectivity index (χ3n) is 9.56. The number of halogens is 1. The van der Waals surface area contributed by atoms with Crippen LogP contribution in [0.4, 0.5) is 5.69 Å². The average Bonchev–Trinajstić information content (AvgIpc) is 3.70. The second-order valence-corrected chi connectivity index (χ2v) is 14.5. The zero-order valence-corrected chi connectivity index (χ0v) is 29.6. The van der Waals surface area contributed by atoms with Gasteiger partial charge < -0.3 is 15.5 Å². The van der Waals surface area contributed by atoms with E-state index in [1.807, 2.05) is 47.9 Å². The number of benzene rings is 2. The summed E-state index contributed by atoms with van der Waals surface area (Å²) < 4.78 is 2.04. The highest BCUT2D eigenvalue weighted by atomic mass is 35.5. The number of hydrogen-bond acceptors (Lipinski definition) is 9. The fraction of sp³-hybridized carbons (Fsp3) is 0.361. The molecule has 3 aliphatic heterocycles. The molecule has 2 aromatic heterocycles. The molecule has 1 unspecified atom stereocenters. The number of hydrogen-bond donors (Lipinski definition) is 3. The standard InChI is InChI=1S/C36H37ClN8O4S/c1-19-20(2)50-36-31(19)32(22-9-11-23(37)12-10-22)40-27(33-43-42-21(3)45(33)36)17-30(47)39-16-5-4-15-38-26-8-6-7-24-25(26)18-44(35(24)49)28-13-14-29(46)41-34(28)48/h6-12,27-28,38H,4-5,13-18H2,1-3H3,(H,39,47)(H,41,46,48)/t27-,28?/m0/s1. The highest BCUT2D eigenvalue weighted by molar-refractivity contribution is 7.15. The molecular weight excluding hydrogens is 676 g/mol. The number of rotatable bonds is 10. The van der Waals surface area contributed by atoms with Gasteiger partial charge >= 0.3 is 0 Å². The van der Waals surface area contributed by atoms with Crippen LogP contribution < -0.4 is 16.0 Å². The Balaban J connectivity index is 0.971. The van der Waals surface area contributed by atoms with Crippen molar-refractivity contribution in [2.45, 2.75) is 71.5 Å². The van der Waals surface area contributed by atoms with Crippen LogP contribution in [-0.2, 0) is 20.9 Å². The van der Waals surface area contributed by atoms with Gasteiger partial charge in [0.15, 0.2) is 5.82 Å². The van der Waals surface area contributed by atoms with Crippen LogP contribution in [0.1, 0.15) is 87.3 Å². The first-order valence-electron chi connectivity index (χ1n) is 16.7. The van der Waals surface area contributed by atoms with Crippen LogP contribution in [-0.4, -0.2) is 68.1 Å². The van der Waals surface area contributed by atoms with Gasteiger partial charge in [-0.1, -0.05) is 29.8 Å². The normalized spacial score (nSPS) is 18.2. The molecule has 4 aromatic rings. The van der Waals surface area contributed by atoms with Gasteiger partial charge in [-0.3, -0.25) is 34.1 Å². The molecule has 4 amide bonds. The summed E-state index contributed by atoms with van der Waals surface area (Å²) in [5, 5.41) is 19.3. The van der Waals surface area contributed by atoms with Gasteiger partial charge in [0.1, 0.15) is 22.9 Å². The number of aryl methyl sites for hydroxylation is 2. The summed E-state index contributed by atoms with van der Waals surface area (Å²) in [4.78, 5) is 58.4. The SMILES string of the molecule is Cc1sc2c(c1C)C(c1ccc(Cl)cc1)=N[C@@H](CC(=O)NCCCCNc1cccc3c1CN(C1CCC(=O)NC1=O)C3=O)c1nnc(C)n1-2. The number of fused-ring (bicyclic) bond motifs is 4. The Bertz CT molecular complexity index is 2050. The Kier molecular flexibility index (Phi) is 9.27. The van der Waals surface area contributed by atoms with Crippen molar-refractivity contribution in [1.82, 2.24) is 30.3 Å². The fourth-order valence-electron chi connectivity index (χ4n) is 6.83. The summed E-state index contributed by atoms with van der Waals surface area (Å²) >= 11 is 7.89. The molecule has 2 atom stereocenters. The van der Waals surface area contributed by atoms with Crippen molar-refractivity contribution in [3.05, 3.63) is 91.8 Å². The average molecular weight is 713 g/mol. The summed E-state index contributed by atoms with van der Waals surface area (Å²) in [6.45, 7) is 7.55. The molecule has 14 heteroatoms. The number of nitrogens with one attached hydrogen (secondary N) is 3. The number of amides is 4. The van der Waals surface area contributed by atoms with Crippen molar-refractivity contribution in [2.24, 2.45) is 4.99 Å². The van der Waals surface area contributed by atoms with Crippen LogP contribution in [0.25, 0.3) is 5.00 Å². The maximum Gasteiger partial charge on any atom is 0.255 e. The van der Waals surface area contributed by atoms with E-state index < -0.39 is 18.0 Å². The summed E-state index contributed by atoms with van der Waals surface area (Å²) in [5.41, 5.74) is 6.14. The Morgan fingerprint density at radius 1 is 1.04 bits per heavy atom. The smallest absolute Gasteiger partial charge is 0.255 e. The highest BCUT2D eigenvalue weighted by Crippen LogP contribution is 2.39. The van der Waals surface area contributed by atoms with E-state index >= 15 is 0 Å². The van der Waals surface area contributed by atoms with E-state index in [1.165, 1.54) is 4.88 Å². The number of nitrogens with zero attached hydrogens (tertiary/aromatic N) is 5. The predicted molar refractivity (Wildman–Crippen MR) is 191 cm³/mol. The number of anilines is 1. The van der Waals surface area contributed by atoms with Crippen molar-refractivity contribution >= 4 is 58.0 Å². The molecule has 0 spiro atoms. The minimum absolute atomic E-state index is 0.119. The molecule has 1 fully saturated rings. The first-order valence-corrected chi connectivity index (χ1v) is 17.9. The van der Waals surface area contributed by atoms with Gasteiger partial charge in [-0.05, 0) is 69.9 Å². The van der Waals surface area contributed by atoms with Gasteiger partial charge in [0.2, 0.25) is 17.7 Å². The van der Waals surface area contributed by atoms with Crippen molar-refractivity contribution in [1.29, 1.82) is 0 Å². The number of unbranched alkanes of at least 4 members (excludes halogenated alkanes) is 1. The molecule has 7 rings (SSSR count). The van der Waals surface area contributed by atoms with Crippen LogP contribution in [0.5, 0.6) is 0 Å². The zero-order valence-electron chi connectivity index (χ0n) is 28.0. The van der Waals surface area contributed by atoms with Crippen LogP contribution >= 0.6 is 22.9 Å². The van der Waals surface area contributed by atoms with E-state index in [-0.39, 0.29) is 30.6 Å². The quantitative estimate of drug-likeness (QED) is 0.155. The lowest BCUT2D eigenvalue weighted by Gasteiger charge is -2.29. The molecule has 1 saturated heterocycles. The number of piperidine rings is 1. The third-order valence-corrected chi connectivity index (χ3v) is 11.0. The number of aliphatic imine (C=N–C) groups is 1. The molecule has 0 radical (unpaired) electrons. The molecule has 0 aliphatic carbocycles. The molecular formula is C36H37ClN8O4S. The van der Waals surface area contributed by atoms with E-state index in [2.05, 4.69) is 40.0 Å². The fourth-order valence-corrected chi connectivity index (χ4v) is 8.17. The maximum absolute atomic E-state index is 13.3. The second-order valence-electron chi connectivity index (χ2n) is 12.8. The number of aromatic nitrogens is 3. The van der Waals surface area contributed by atoms with Crippen LogP contribution in [0, 0.1) is 20.8 Å². The number of carbonyl (C=O) groups excluding carboxylic acids is 4. The van der Waals surface area contributed by atoms with Gasteiger partial charge in [-0.15, -0.1) is 21.5 Å². The van der Waals surface area contributed by atoms with E-state index in [4.69, 9.17) is 16.6 Å². The first-order chi connectivity index (χ1) is 24.1. The predicted octanol–water partition coefficient (Wildman–Crippen LogP) is 4.96. The van der Waals surface area contributed by atoms with Crippen molar-refractivity contribution < 1.29 is 19.2 Å². The number of carbonyl (C=O) groups is 4. The monoisotopic (exact) mass is 712 g/mol. The van der Waals surface area contributed by atoms with Gasteiger partial charge in [0.25, 0.3) is 5.91 Å². The molecule has 0 saturated carbocycles. The first kappa shape index (κ1) is 33.6. The topological polar surface area (TPSA) is 151 Å². The lowest BCUT2D eigenvalue weighted by Crippen LogP contribution is -2.52. The molecule has 3 aliphatic rings. The Morgan fingerprint density at radius 3 is 2.60 bits per heavy atom. The third kappa shape index (κ3) is 6.31. The Labute approximate surface area is 298 Å². The molecule has 5 heterocycles. The summed E-state index contributed by atoms with van der Waals surface area (Å²) in [6, 6.07) is 11.9. The lowest BCUT2D eigenvalue weighted by molar-refractivity contribution is -0.137. The second kappa shape index (κ2) is 13.8. The van der Waals surface area contributed by atoms with E-state index in [0.717, 1.165) is 57.3 Å². The van der Waals surface area contributed by atoms with Crippen molar-refractivity contribution in [2.75, 3.05) is 18.4 Å².